The predicted molar refractivity (Wildman–Crippen MR) is 80.4 cm³/mol. The van der Waals surface area contributed by atoms with Gasteiger partial charge in [-0.25, -0.2) is 4.98 Å². The van der Waals surface area contributed by atoms with Crippen molar-refractivity contribution in [3.63, 3.8) is 0 Å². The lowest BCUT2D eigenvalue weighted by Gasteiger charge is -2.32. The lowest BCUT2D eigenvalue weighted by molar-refractivity contribution is -0.0246. The van der Waals surface area contributed by atoms with Crippen LogP contribution in [0.3, 0.4) is 0 Å². The second-order valence-electron chi connectivity index (χ2n) is 5.14. The molecule has 0 N–H and O–H groups in total. The Bertz CT molecular complexity index is 639. The Morgan fingerprint density at radius 3 is 2.90 bits per heavy atom. The molecule has 1 aliphatic heterocycles. The summed E-state index contributed by atoms with van der Waals surface area (Å²) in [4.78, 5) is 23.6. The minimum absolute atomic E-state index is 0.0374. The molecule has 21 heavy (non-hydrogen) atoms. The highest BCUT2D eigenvalue weighted by atomic mass is 32.1. The number of carbonyl (C=O) groups is 1. The van der Waals surface area contributed by atoms with E-state index in [0.29, 0.717) is 24.6 Å². The van der Waals surface area contributed by atoms with E-state index in [9.17, 15) is 4.79 Å². The monoisotopic (exact) mass is 303 g/mol. The van der Waals surface area contributed by atoms with Gasteiger partial charge < -0.3 is 9.64 Å². The van der Waals surface area contributed by atoms with Crippen LogP contribution in [0.25, 0.3) is 0 Å². The van der Waals surface area contributed by atoms with Crippen molar-refractivity contribution >= 4 is 17.2 Å². The predicted octanol–water partition coefficient (Wildman–Crippen LogP) is 2.37. The minimum atomic E-state index is -0.156. The third-order valence-electron chi connectivity index (χ3n) is 3.56. The van der Waals surface area contributed by atoms with E-state index < -0.39 is 0 Å². The number of amides is 1. The average molecular weight is 303 g/mol. The van der Waals surface area contributed by atoms with Crippen molar-refractivity contribution in [2.45, 2.75) is 20.0 Å². The molecule has 2 aromatic heterocycles. The van der Waals surface area contributed by atoms with Crippen LogP contribution in [0.2, 0.25) is 0 Å². The molecule has 0 bridgehead atoms. The molecule has 0 aromatic carbocycles. The van der Waals surface area contributed by atoms with E-state index in [1.165, 1.54) is 11.3 Å². The highest BCUT2D eigenvalue weighted by Crippen LogP contribution is 2.23. The van der Waals surface area contributed by atoms with Crippen LogP contribution in [0.5, 0.6) is 0 Å². The Balaban J connectivity index is 1.75. The normalized spacial score (nSPS) is 18.8. The number of pyridine rings is 1. The van der Waals surface area contributed by atoms with Crippen molar-refractivity contribution in [1.82, 2.24) is 14.9 Å². The summed E-state index contributed by atoms with van der Waals surface area (Å²) in [5.41, 5.74) is 4.49. The molecule has 1 amide bonds. The number of ether oxygens (including phenoxy) is 1. The maximum Gasteiger partial charge on any atom is 0.266 e. The van der Waals surface area contributed by atoms with E-state index in [1.54, 1.807) is 5.51 Å². The van der Waals surface area contributed by atoms with Gasteiger partial charge in [0.1, 0.15) is 11.0 Å². The van der Waals surface area contributed by atoms with Gasteiger partial charge in [-0.2, -0.15) is 0 Å². The molecule has 1 aliphatic rings. The van der Waals surface area contributed by atoms with Crippen molar-refractivity contribution in [3.05, 3.63) is 45.7 Å². The maximum absolute atomic E-state index is 12.5. The molecule has 1 atom stereocenters. The quantitative estimate of drug-likeness (QED) is 0.854. The average Bonchev–Trinajstić information content (AvgIpc) is 2.93. The Morgan fingerprint density at radius 2 is 2.24 bits per heavy atom. The van der Waals surface area contributed by atoms with Crippen molar-refractivity contribution in [2.24, 2.45) is 0 Å². The van der Waals surface area contributed by atoms with E-state index in [1.807, 2.05) is 37.1 Å². The van der Waals surface area contributed by atoms with Gasteiger partial charge in [-0.1, -0.05) is 6.07 Å². The summed E-state index contributed by atoms with van der Waals surface area (Å²) in [6, 6.07) is 3.98. The topological polar surface area (TPSA) is 55.3 Å². The number of hydrogen-bond donors (Lipinski definition) is 0. The summed E-state index contributed by atoms with van der Waals surface area (Å²) in [6.07, 6.45) is 1.67. The van der Waals surface area contributed by atoms with E-state index in [0.717, 1.165) is 17.0 Å². The molecule has 5 nitrogen and oxygen atoms in total. The van der Waals surface area contributed by atoms with Crippen LogP contribution >= 0.6 is 11.3 Å². The number of aromatic nitrogens is 2. The first kappa shape index (κ1) is 14.2. The molecule has 0 radical (unpaired) electrons. The fourth-order valence-corrected chi connectivity index (χ4v) is 3.10. The van der Waals surface area contributed by atoms with Crippen LogP contribution in [0.4, 0.5) is 0 Å². The van der Waals surface area contributed by atoms with Gasteiger partial charge in [-0.3, -0.25) is 9.78 Å². The molecule has 0 aliphatic carbocycles. The van der Waals surface area contributed by atoms with E-state index >= 15 is 0 Å². The zero-order valence-electron chi connectivity index (χ0n) is 12.1. The number of carbonyl (C=O) groups excluding carboxylic acids is 1. The number of hydrogen-bond acceptors (Lipinski definition) is 5. The van der Waals surface area contributed by atoms with Gasteiger partial charge in [0.2, 0.25) is 0 Å². The first-order chi connectivity index (χ1) is 10.1. The van der Waals surface area contributed by atoms with Crippen molar-refractivity contribution in [3.8, 4) is 0 Å². The molecule has 1 saturated heterocycles. The molecular formula is C15H17N3O2S. The molecule has 1 fully saturated rings. The Labute approximate surface area is 127 Å². The fraction of sp³-hybridized carbons (Fsp3) is 0.400. The summed E-state index contributed by atoms with van der Waals surface area (Å²) in [7, 11) is 0. The number of aryl methyl sites for hydroxylation is 2. The van der Waals surface area contributed by atoms with Crippen LogP contribution in [0, 0.1) is 13.8 Å². The number of thiazole rings is 1. The second-order valence-corrected chi connectivity index (χ2v) is 5.99. The molecule has 110 valence electrons. The first-order valence-electron chi connectivity index (χ1n) is 6.88. The summed E-state index contributed by atoms with van der Waals surface area (Å²) in [5.74, 6) is 0.0374. The maximum atomic E-state index is 12.5. The molecule has 0 unspecified atom stereocenters. The minimum Gasteiger partial charge on any atom is -0.368 e. The van der Waals surface area contributed by atoms with Crippen molar-refractivity contribution < 1.29 is 9.53 Å². The molecule has 3 rings (SSSR count). The van der Waals surface area contributed by atoms with Crippen LogP contribution in [-0.2, 0) is 4.74 Å². The van der Waals surface area contributed by atoms with Gasteiger partial charge in [0.25, 0.3) is 5.91 Å². The van der Waals surface area contributed by atoms with Gasteiger partial charge in [0.15, 0.2) is 0 Å². The zero-order chi connectivity index (χ0) is 14.8. The van der Waals surface area contributed by atoms with Gasteiger partial charge in [0.05, 0.1) is 30.1 Å². The van der Waals surface area contributed by atoms with Crippen LogP contribution in [0.1, 0.15) is 32.7 Å². The van der Waals surface area contributed by atoms with Gasteiger partial charge in [-0.05, 0) is 25.5 Å². The number of morpholine rings is 1. The molecule has 6 heteroatoms. The summed E-state index contributed by atoms with van der Waals surface area (Å²) in [6.45, 7) is 5.54. The summed E-state index contributed by atoms with van der Waals surface area (Å²) >= 11 is 1.39. The highest BCUT2D eigenvalue weighted by molar-refractivity contribution is 7.11. The van der Waals surface area contributed by atoms with Gasteiger partial charge in [0, 0.05) is 12.7 Å². The largest absolute Gasteiger partial charge is 0.368 e. The SMILES string of the molecule is Cc1ccc([C@@H]2CN(C(=O)c3scnc3C)CCO2)nc1. The Morgan fingerprint density at radius 1 is 1.38 bits per heavy atom. The van der Waals surface area contributed by atoms with Crippen molar-refractivity contribution in [1.29, 1.82) is 0 Å². The summed E-state index contributed by atoms with van der Waals surface area (Å²) < 4.78 is 5.76. The molecular weight excluding hydrogens is 286 g/mol. The third-order valence-corrected chi connectivity index (χ3v) is 4.47. The van der Waals surface area contributed by atoms with Crippen LogP contribution in [-0.4, -0.2) is 40.5 Å². The first-order valence-corrected chi connectivity index (χ1v) is 7.76. The van der Waals surface area contributed by atoms with Crippen LogP contribution < -0.4 is 0 Å². The lowest BCUT2D eigenvalue weighted by Crippen LogP contribution is -2.42. The number of rotatable bonds is 2. The molecule has 2 aromatic rings. The molecule has 3 heterocycles. The van der Waals surface area contributed by atoms with Gasteiger partial charge >= 0.3 is 0 Å². The molecule has 0 saturated carbocycles. The van der Waals surface area contributed by atoms with Crippen molar-refractivity contribution in [2.75, 3.05) is 19.7 Å². The standard InChI is InChI=1S/C15H17N3O2S/c1-10-3-4-12(16-7-10)13-8-18(5-6-20-13)15(19)14-11(2)17-9-21-14/h3-4,7,9,13H,5-6,8H2,1-2H3/t13-/m0/s1. The highest BCUT2D eigenvalue weighted by Gasteiger charge is 2.28. The number of nitrogens with zero attached hydrogens (tertiary/aromatic N) is 3. The Kier molecular flexibility index (Phi) is 3.98. The van der Waals surface area contributed by atoms with E-state index in [2.05, 4.69) is 9.97 Å². The summed E-state index contributed by atoms with van der Waals surface area (Å²) in [5, 5.41) is 0. The van der Waals surface area contributed by atoms with Crippen LogP contribution in [0.15, 0.2) is 23.8 Å². The van der Waals surface area contributed by atoms with E-state index in [4.69, 9.17) is 4.74 Å². The fourth-order valence-electron chi connectivity index (χ4n) is 2.33. The Hall–Kier alpha value is -1.79. The van der Waals surface area contributed by atoms with Gasteiger partial charge in [-0.15, -0.1) is 11.3 Å². The van der Waals surface area contributed by atoms with E-state index in [-0.39, 0.29) is 12.0 Å². The lowest BCUT2D eigenvalue weighted by atomic mass is 10.1. The molecule has 0 spiro atoms. The second kappa shape index (κ2) is 5.91. The smallest absolute Gasteiger partial charge is 0.266 e. The zero-order valence-corrected chi connectivity index (χ0v) is 12.9. The third kappa shape index (κ3) is 2.96.